The van der Waals surface area contributed by atoms with Crippen LogP contribution in [0.3, 0.4) is 0 Å². The highest BCUT2D eigenvalue weighted by Gasteiger charge is 2.12. The van der Waals surface area contributed by atoms with Crippen molar-refractivity contribution >= 4 is 17.0 Å². The number of carbonyl (C=O) groups is 1. The van der Waals surface area contributed by atoms with Gasteiger partial charge in [0.25, 0.3) is 0 Å². The zero-order chi connectivity index (χ0) is 14.7. The average molecular weight is 292 g/mol. The number of carbonyl (C=O) groups excluding carboxylic acids is 1. The second kappa shape index (κ2) is 6.02. The Balaban J connectivity index is 2.54. The van der Waals surface area contributed by atoms with Crippen molar-refractivity contribution in [3.05, 3.63) is 53.3 Å². The largest absolute Gasteiger partial charge is 0.772 e. The third kappa shape index (κ3) is 2.97. The summed E-state index contributed by atoms with van der Waals surface area (Å²) >= 11 is -2.23. The maximum Gasteiger partial charge on any atom is 0.337 e. The predicted octanol–water partition coefficient (Wildman–Crippen LogP) is 1.95. The van der Waals surface area contributed by atoms with Gasteiger partial charge in [-0.05, 0) is 42.8 Å². The number of aryl methyl sites for hydroxylation is 1. The number of hydrogen-bond acceptors (Lipinski definition) is 4. The molecule has 2 aromatic rings. The lowest BCUT2D eigenvalue weighted by Crippen LogP contribution is -2.07. The Kier molecular flexibility index (Phi) is 4.36. The van der Waals surface area contributed by atoms with E-state index in [-0.39, 0.29) is 5.75 Å². The summed E-state index contributed by atoms with van der Waals surface area (Å²) in [5.41, 5.74) is 2.61. The molecule has 0 saturated carbocycles. The van der Waals surface area contributed by atoms with E-state index >= 15 is 0 Å². The molecule has 0 spiro atoms. The number of esters is 1. The van der Waals surface area contributed by atoms with Crippen LogP contribution < -0.4 is 0 Å². The zero-order valence-corrected chi connectivity index (χ0v) is 12.0. The first kappa shape index (κ1) is 14.5. The minimum atomic E-state index is -2.23. The number of rotatable bonds is 4. The number of aromatic nitrogens is 1. The molecule has 0 fully saturated rings. The summed E-state index contributed by atoms with van der Waals surface area (Å²) in [6.07, 6.45) is 1.85. The fourth-order valence-corrected chi connectivity index (χ4v) is 2.53. The summed E-state index contributed by atoms with van der Waals surface area (Å²) in [5, 5.41) is 0. The van der Waals surface area contributed by atoms with Gasteiger partial charge in [0.15, 0.2) is 0 Å². The number of hydrogen-bond donors (Lipinski definition) is 0. The standard InChI is InChI=1S/C14H15NO4S/c1-10-4-3-7-15(10)13-6-5-11(14(16)19-2)8-12(13)9-20(17)18/h3-8H,9H2,1-2H3,(H,17,18)/p-1. The van der Waals surface area contributed by atoms with E-state index in [1.165, 1.54) is 7.11 Å². The average Bonchev–Trinajstić information content (AvgIpc) is 2.83. The minimum Gasteiger partial charge on any atom is -0.772 e. The smallest absolute Gasteiger partial charge is 0.337 e. The van der Waals surface area contributed by atoms with Crippen LogP contribution in [0, 0.1) is 6.92 Å². The van der Waals surface area contributed by atoms with Gasteiger partial charge in [-0.1, -0.05) is 11.1 Å². The van der Waals surface area contributed by atoms with E-state index in [0.29, 0.717) is 11.1 Å². The Morgan fingerprint density at radius 1 is 1.40 bits per heavy atom. The van der Waals surface area contributed by atoms with Crippen molar-refractivity contribution in [3.8, 4) is 5.69 Å². The normalized spacial score (nSPS) is 12.2. The Labute approximate surface area is 119 Å². The Hall–Kier alpha value is -1.92. The van der Waals surface area contributed by atoms with E-state index in [2.05, 4.69) is 4.74 Å². The molecule has 1 aromatic heterocycles. The molecule has 20 heavy (non-hydrogen) atoms. The Morgan fingerprint density at radius 3 is 2.70 bits per heavy atom. The topological polar surface area (TPSA) is 71.4 Å². The lowest BCUT2D eigenvalue weighted by atomic mass is 10.1. The third-order valence-corrected chi connectivity index (χ3v) is 3.53. The van der Waals surface area contributed by atoms with E-state index < -0.39 is 17.0 Å². The molecule has 106 valence electrons. The van der Waals surface area contributed by atoms with Gasteiger partial charge in [0.1, 0.15) is 0 Å². The van der Waals surface area contributed by atoms with Crippen LogP contribution in [0.4, 0.5) is 0 Å². The molecule has 2 rings (SSSR count). The molecular weight excluding hydrogens is 278 g/mol. The molecule has 6 heteroatoms. The van der Waals surface area contributed by atoms with Crippen LogP contribution in [0.15, 0.2) is 36.5 Å². The second-order valence-corrected chi connectivity index (χ2v) is 5.20. The van der Waals surface area contributed by atoms with Crippen molar-refractivity contribution in [1.29, 1.82) is 0 Å². The highest BCUT2D eigenvalue weighted by molar-refractivity contribution is 7.78. The van der Waals surface area contributed by atoms with Crippen LogP contribution in [0.2, 0.25) is 0 Å². The van der Waals surface area contributed by atoms with Crippen LogP contribution in [0.5, 0.6) is 0 Å². The first-order valence-corrected chi connectivity index (χ1v) is 7.18. The molecule has 5 nitrogen and oxygen atoms in total. The van der Waals surface area contributed by atoms with Crippen molar-refractivity contribution in [2.24, 2.45) is 0 Å². The van der Waals surface area contributed by atoms with E-state index in [1.54, 1.807) is 18.2 Å². The Bertz CT molecular complexity index is 663. The van der Waals surface area contributed by atoms with E-state index in [4.69, 9.17) is 0 Å². The van der Waals surface area contributed by atoms with Crippen LogP contribution in [-0.2, 0) is 21.6 Å². The van der Waals surface area contributed by atoms with Gasteiger partial charge in [0.05, 0.1) is 12.7 Å². The number of ether oxygens (including phenoxy) is 1. The maximum absolute atomic E-state index is 11.5. The highest BCUT2D eigenvalue weighted by Crippen LogP contribution is 2.21. The molecule has 0 bridgehead atoms. The molecule has 0 aliphatic carbocycles. The summed E-state index contributed by atoms with van der Waals surface area (Å²) < 4.78 is 28.5. The molecule has 1 atom stereocenters. The molecule has 0 aliphatic rings. The number of benzene rings is 1. The van der Waals surface area contributed by atoms with Crippen molar-refractivity contribution in [2.45, 2.75) is 12.7 Å². The molecule has 1 unspecified atom stereocenters. The monoisotopic (exact) mass is 292 g/mol. The SMILES string of the molecule is COC(=O)c1ccc(-n2cccc2C)c(CS(=O)[O-])c1. The van der Waals surface area contributed by atoms with E-state index in [0.717, 1.165) is 11.4 Å². The second-order valence-electron chi connectivity index (χ2n) is 4.30. The first-order valence-electron chi connectivity index (χ1n) is 5.94. The fraction of sp³-hybridized carbons (Fsp3) is 0.214. The molecule has 0 radical (unpaired) electrons. The zero-order valence-electron chi connectivity index (χ0n) is 11.2. The number of nitrogens with zero attached hydrogens (tertiary/aromatic N) is 1. The van der Waals surface area contributed by atoms with Crippen molar-refractivity contribution < 1.29 is 18.3 Å². The fourth-order valence-electron chi connectivity index (χ4n) is 2.04. The summed E-state index contributed by atoms with van der Waals surface area (Å²) in [7, 11) is 1.29. The summed E-state index contributed by atoms with van der Waals surface area (Å²) in [5.74, 6) is -0.642. The van der Waals surface area contributed by atoms with Crippen LogP contribution >= 0.6 is 0 Å². The molecule has 1 heterocycles. The lowest BCUT2D eigenvalue weighted by molar-refractivity contribution is 0.0600. The van der Waals surface area contributed by atoms with E-state index in [9.17, 15) is 13.6 Å². The van der Waals surface area contributed by atoms with Crippen LogP contribution in [-0.4, -0.2) is 26.4 Å². The molecule has 0 amide bonds. The first-order chi connectivity index (χ1) is 9.52. The Morgan fingerprint density at radius 2 is 2.15 bits per heavy atom. The molecule has 0 saturated heterocycles. The van der Waals surface area contributed by atoms with Crippen LogP contribution in [0.25, 0.3) is 5.69 Å². The molecule has 0 N–H and O–H groups in total. The lowest BCUT2D eigenvalue weighted by Gasteiger charge is -2.15. The maximum atomic E-state index is 11.5. The summed E-state index contributed by atoms with van der Waals surface area (Å²) in [4.78, 5) is 11.5. The van der Waals surface area contributed by atoms with Gasteiger partial charge in [-0.3, -0.25) is 4.21 Å². The van der Waals surface area contributed by atoms with Gasteiger partial charge in [0, 0.05) is 23.3 Å². The van der Waals surface area contributed by atoms with Crippen molar-refractivity contribution in [1.82, 2.24) is 4.57 Å². The van der Waals surface area contributed by atoms with Gasteiger partial charge in [-0.2, -0.15) is 0 Å². The van der Waals surface area contributed by atoms with Gasteiger partial charge >= 0.3 is 5.97 Å². The highest BCUT2D eigenvalue weighted by atomic mass is 32.2. The predicted molar refractivity (Wildman–Crippen MR) is 74.5 cm³/mol. The molecule has 0 aliphatic heterocycles. The third-order valence-electron chi connectivity index (χ3n) is 2.99. The van der Waals surface area contributed by atoms with Gasteiger partial charge in [-0.25, -0.2) is 4.79 Å². The minimum absolute atomic E-state index is 0.155. The van der Waals surface area contributed by atoms with Gasteiger partial charge in [0.2, 0.25) is 0 Å². The summed E-state index contributed by atoms with van der Waals surface area (Å²) in [6, 6.07) is 8.70. The van der Waals surface area contributed by atoms with Crippen molar-refractivity contribution in [3.63, 3.8) is 0 Å². The van der Waals surface area contributed by atoms with Gasteiger partial charge < -0.3 is 13.9 Å². The van der Waals surface area contributed by atoms with Gasteiger partial charge in [-0.15, -0.1) is 0 Å². The van der Waals surface area contributed by atoms with Crippen molar-refractivity contribution in [2.75, 3.05) is 7.11 Å². The molecular formula is C14H14NO4S-. The van der Waals surface area contributed by atoms with E-state index in [1.807, 2.05) is 29.8 Å². The molecule has 1 aromatic carbocycles. The quantitative estimate of drug-likeness (QED) is 0.638. The number of methoxy groups -OCH3 is 1. The van der Waals surface area contributed by atoms with Crippen LogP contribution in [0.1, 0.15) is 21.6 Å². The summed E-state index contributed by atoms with van der Waals surface area (Å²) in [6.45, 7) is 1.92.